The van der Waals surface area contributed by atoms with Gasteiger partial charge < -0.3 is 4.57 Å². The van der Waals surface area contributed by atoms with Crippen LogP contribution in [0.1, 0.15) is 5.56 Å². The van der Waals surface area contributed by atoms with E-state index in [9.17, 15) is 14.5 Å². The van der Waals surface area contributed by atoms with E-state index in [1.165, 1.54) is 24.3 Å². The monoisotopic (exact) mass is 375 g/mol. The number of hydrogen-bond acceptors (Lipinski definition) is 3. The average molecular weight is 376 g/mol. The highest BCUT2D eigenvalue weighted by atomic mass is 79.9. The lowest BCUT2D eigenvalue weighted by Gasteiger charge is -2.09. The maximum atomic E-state index is 13.5. The van der Waals surface area contributed by atoms with Crippen LogP contribution in [0.4, 0.5) is 10.1 Å². The molecule has 0 aliphatic rings. The lowest BCUT2D eigenvalue weighted by Crippen LogP contribution is -2.02. The third-order valence-electron chi connectivity index (χ3n) is 3.31. The molecule has 5 nitrogen and oxygen atoms in total. The molecule has 0 fully saturated rings. The van der Waals surface area contributed by atoms with E-state index in [-0.39, 0.29) is 11.5 Å². The summed E-state index contributed by atoms with van der Waals surface area (Å²) in [7, 11) is 0. The molecule has 2 aromatic carbocycles. The van der Waals surface area contributed by atoms with E-state index in [4.69, 9.17) is 0 Å². The summed E-state index contributed by atoms with van der Waals surface area (Å²) >= 11 is 3.27. The molecule has 0 aliphatic heterocycles. The minimum atomic E-state index is -0.444. The van der Waals surface area contributed by atoms with Crippen LogP contribution in [0, 0.1) is 15.9 Å². The topological polar surface area (TPSA) is 61.0 Å². The number of benzene rings is 2. The van der Waals surface area contributed by atoms with Crippen molar-refractivity contribution < 1.29 is 9.31 Å². The third-order valence-corrected chi connectivity index (χ3v) is 3.76. The summed E-state index contributed by atoms with van der Waals surface area (Å²) < 4.78 is 16.0. The maximum absolute atomic E-state index is 13.5. The molecule has 0 amide bonds. The van der Waals surface area contributed by atoms with Crippen molar-refractivity contribution in [3.8, 4) is 11.4 Å². The summed E-state index contributed by atoms with van der Waals surface area (Å²) in [6.07, 6.45) is 3.37. The van der Waals surface area contributed by atoms with Crippen LogP contribution in [0.5, 0.6) is 0 Å². The Hall–Kier alpha value is -2.54. The van der Waals surface area contributed by atoms with E-state index >= 15 is 0 Å². The zero-order chi connectivity index (χ0) is 16.4. The number of aromatic nitrogens is 2. The molecular weight excluding hydrogens is 365 g/mol. The minimum absolute atomic E-state index is 0.00514. The van der Waals surface area contributed by atoms with Gasteiger partial charge in [0.2, 0.25) is 0 Å². The predicted molar refractivity (Wildman–Crippen MR) is 87.5 cm³/mol. The molecule has 3 rings (SSSR count). The van der Waals surface area contributed by atoms with Crippen molar-refractivity contribution in [2.45, 2.75) is 6.54 Å². The Bertz CT molecular complexity index is 859. The SMILES string of the molecule is O=[N+]([O-])c1cccc(-c2nccn2Cc2cc(F)cc(Br)c2)c1. The summed E-state index contributed by atoms with van der Waals surface area (Å²) in [6.45, 7) is 0.411. The van der Waals surface area contributed by atoms with Gasteiger partial charge in [0.1, 0.15) is 11.6 Å². The molecule has 0 radical (unpaired) electrons. The van der Waals surface area contributed by atoms with Crippen LogP contribution in [-0.2, 0) is 6.54 Å². The van der Waals surface area contributed by atoms with Crippen LogP contribution >= 0.6 is 15.9 Å². The Morgan fingerprint density at radius 3 is 2.83 bits per heavy atom. The van der Waals surface area contributed by atoms with Crippen molar-refractivity contribution in [1.29, 1.82) is 0 Å². The number of imidazole rings is 1. The Morgan fingerprint density at radius 1 is 1.26 bits per heavy atom. The summed E-state index contributed by atoms with van der Waals surface area (Å²) in [5, 5.41) is 10.9. The van der Waals surface area contributed by atoms with E-state index in [2.05, 4.69) is 20.9 Å². The number of nitrogens with zero attached hydrogens (tertiary/aromatic N) is 3. The Balaban J connectivity index is 1.96. The molecule has 1 aromatic heterocycles. The lowest BCUT2D eigenvalue weighted by molar-refractivity contribution is -0.384. The van der Waals surface area contributed by atoms with Gasteiger partial charge in [-0.05, 0) is 23.8 Å². The van der Waals surface area contributed by atoms with Gasteiger partial charge in [-0.1, -0.05) is 28.1 Å². The fraction of sp³-hybridized carbons (Fsp3) is 0.0625. The molecule has 3 aromatic rings. The molecule has 0 saturated carbocycles. The highest BCUT2D eigenvalue weighted by Crippen LogP contribution is 2.24. The van der Waals surface area contributed by atoms with Gasteiger partial charge in [0, 0.05) is 41.1 Å². The van der Waals surface area contributed by atoms with E-state index in [1.54, 1.807) is 24.5 Å². The van der Waals surface area contributed by atoms with Gasteiger partial charge in [0.15, 0.2) is 0 Å². The summed E-state index contributed by atoms with van der Waals surface area (Å²) in [6, 6.07) is 10.9. The molecule has 1 heterocycles. The second kappa shape index (κ2) is 6.29. The fourth-order valence-corrected chi connectivity index (χ4v) is 2.87. The third kappa shape index (κ3) is 3.45. The van der Waals surface area contributed by atoms with Crippen molar-refractivity contribution in [1.82, 2.24) is 9.55 Å². The Labute approximate surface area is 139 Å². The molecule has 0 spiro atoms. The van der Waals surface area contributed by atoms with Crippen molar-refractivity contribution >= 4 is 21.6 Å². The second-order valence-corrected chi connectivity index (χ2v) is 5.88. The van der Waals surface area contributed by atoms with Gasteiger partial charge in [0.05, 0.1) is 4.92 Å². The average Bonchev–Trinajstić information content (AvgIpc) is 2.94. The smallest absolute Gasteiger partial charge is 0.270 e. The molecule has 7 heteroatoms. The largest absolute Gasteiger partial charge is 0.327 e. The van der Waals surface area contributed by atoms with Crippen molar-refractivity contribution in [3.63, 3.8) is 0 Å². The lowest BCUT2D eigenvalue weighted by atomic mass is 10.1. The van der Waals surface area contributed by atoms with Crippen LogP contribution < -0.4 is 0 Å². The van der Waals surface area contributed by atoms with Gasteiger partial charge in [-0.25, -0.2) is 9.37 Å². The van der Waals surface area contributed by atoms with Crippen molar-refractivity contribution in [3.05, 3.63) is 80.8 Å². The molecule has 0 atom stereocenters. The predicted octanol–water partition coefficient (Wildman–Crippen LogP) is 4.41. The number of halogens is 2. The van der Waals surface area contributed by atoms with Gasteiger partial charge in [-0.2, -0.15) is 0 Å². The zero-order valence-electron chi connectivity index (χ0n) is 11.8. The highest BCUT2D eigenvalue weighted by Gasteiger charge is 2.12. The second-order valence-electron chi connectivity index (χ2n) is 4.96. The summed E-state index contributed by atoms with van der Waals surface area (Å²) in [4.78, 5) is 14.7. The first-order valence-corrected chi connectivity index (χ1v) is 7.53. The van der Waals surface area contributed by atoms with Crippen LogP contribution in [-0.4, -0.2) is 14.5 Å². The summed E-state index contributed by atoms with van der Waals surface area (Å²) in [5.41, 5.74) is 1.41. The maximum Gasteiger partial charge on any atom is 0.270 e. The molecular formula is C16H11BrFN3O2. The van der Waals surface area contributed by atoms with Crippen LogP contribution in [0.2, 0.25) is 0 Å². The minimum Gasteiger partial charge on any atom is -0.327 e. The van der Waals surface area contributed by atoms with E-state index in [0.717, 1.165) is 5.56 Å². The Kier molecular flexibility index (Phi) is 4.20. The first-order valence-electron chi connectivity index (χ1n) is 6.74. The van der Waals surface area contributed by atoms with E-state index in [1.807, 2.05) is 10.6 Å². The first-order chi connectivity index (χ1) is 11.0. The van der Waals surface area contributed by atoms with Gasteiger partial charge >= 0.3 is 0 Å². The first kappa shape index (κ1) is 15.4. The zero-order valence-corrected chi connectivity index (χ0v) is 13.4. The molecule has 0 unspecified atom stereocenters. The van der Waals surface area contributed by atoms with Crippen LogP contribution in [0.25, 0.3) is 11.4 Å². The van der Waals surface area contributed by atoms with Gasteiger partial charge in [0.25, 0.3) is 5.69 Å². The molecule has 0 saturated heterocycles. The number of rotatable bonds is 4. The quantitative estimate of drug-likeness (QED) is 0.501. The number of hydrogen-bond donors (Lipinski definition) is 0. The molecule has 23 heavy (non-hydrogen) atoms. The van der Waals surface area contributed by atoms with E-state index in [0.29, 0.717) is 22.4 Å². The standard InChI is InChI=1S/C16H11BrFN3O2/c17-13-6-11(7-14(18)9-13)10-20-5-4-19-16(20)12-2-1-3-15(8-12)21(22)23/h1-9H,10H2. The van der Waals surface area contributed by atoms with Gasteiger partial charge in [-0.15, -0.1) is 0 Å². The normalized spacial score (nSPS) is 10.7. The molecule has 116 valence electrons. The molecule has 0 aliphatic carbocycles. The van der Waals surface area contributed by atoms with Crippen LogP contribution in [0.3, 0.4) is 0 Å². The van der Waals surface area contributed by atoms with Gasteiger partial charge in [-0.3, -0.25) is 10.1 Å². The highest BCUT2D eigenvalue weighted by molar-refractivity contribution is 9.10. The fourth-order valence-electron chi connectivity index (χ4n) is 2.35. The molecule has 0 bridgehead atoms. The number of non-ortho nitro benzene ring substituents is 1. The number of nitro groups is 1. The Morgan fingerprint density at radius 2 is 2.09 bits per heavy atom. The molecule has 0 N–H and O–H groups in total. The van der Waals surface area contributed by atoms with Crippen LogP contribution in [0.15, 0.2) is 59.3 Å². The van der Waals surface area contributed by atoms with Crippen molar-refractivity contribution in [2.75, 3.05) is 0 Å². The van der Waals surface area contributed by atoms with E-state index < -0.39 is 4.92 Å². The summed E-state index contributed by atoms with van der Waals surface area (Å²) in [5.74, 6) is 0.264. The number of nitro benzene ring substituents is 1. The van der Waals surface area contributed by atoms with Crippen molar-refractivity contribution in [2.24, 2.45) is 0 Å².